The van der Waals surface area contributed by atoms with Gasteiger partial charge in [-0.3, -0.25) is 14.9 Å². The standard InChI is InChI=1S/C16H14ClN3O2S/c17-11-6-3-10(4-7-11)5-8-13(21)20-16-19-12-2-1-9-18-15(22)14(12)23-16/h3-8H,1-2,9H2,(H,18,22)(H,19,20,21)/b8-5+. The van der Waals surface area contributed by atoms with Gasteiger partial charge >= 0.3 is 0 Å². The number of nitrogens with zero attached hydrogens (tertiary/aromatic N) is 1. The van der Waals surface area contributed by atoms with Crippen LogP contribution in [0.2, 0.25) is 5.02 Å². The van der Waals surface area contributed by atoms with E-state index in [1.54, 1.807) is 18.2 Å². The number of thiazole rings is 1. The van der Waals surface area contributed by atoms with Gasteiger partial charge in [-0.15, -0.1) is 0 Å². The van der Waals surface area contributed by atoms with Crippen molar-refractivity contribution in [1.82, 2.24) is 10.3 Å². The highest BCUT2D eigenvalue weighted by Crippen LogP contribution is 2.25. The van der Waals surface area contributed by atoms with Crippen molar-refractivity contribution in [2.24, 2.45) is 0 Å². The highest BCUT2D eigenvalue weighted by molar-refractivity contribution is 7.17. The predicted octanol–water partition coefficient (Wildman–Crippen LogP) is 3.12. The number of carbonyl (C=O) groups is 2. The second kappa shape index (κ2) is 6.93. The van der Waals surface area contributed by atoms with Crippen molar-refractivity contribution in [2.45, 2.75) is 12.8 Å². The van der Waals surface area contributed by atoms with Crippen molar-refractivity contribution >= 4 is 46.0 Å². The summed E-state index contributed by atoms with van der Waals surface area (Å²) in [5.74, 6) is -0.406. The maximum absolute atomic E-state index is 12.0. The van der Waals surface area contributed by atoms with Gasteiger partial charge in [0.15, 0.2) is 5.13 Å². The van der Waals surface area contributed by atoms with Crippen LogP contribution in [0.1, 0.15) is 27.3 Å². The van der Waals surface area contributed by atoms with E-state index in [0.717, 1.165) is 24.1 Å². The van der Waals surface area contributed by atoms with Gasteiger partial charge in [-0.1, -0.05) is 35.1 Å². The third kappa shape index (κ3) is 3.97. The first-order chi connectivity index (χ1) is 11.1. The molecule has 1 aliphatic heterocycles. The monoisotopic (exact) mass is 347 g/mol. The molecule has 0 fully saturated rings. The molecular weight excluding hydrogens is 334 g/mol. The molecule has 2 N–H and O–H groups in total. The Morgan fingerprint density at radius 1 is 1.35 bits per heavy atom. The van der Waals surface area contributed by atoms with Crippen molar-refractivity contribution in [3.8, 4) is 0 Å². The summed E-state index contributed by atoms with van der Waals surface area (Å²) in [5.41, 5.74) is 1.63. The molecule has 1 aliphatic rings. The second-order valence-electron chi connectivity index (χ2n) is 5.03. The number of fused-ring (bicyclic) bond motifs is 1. The number of amides is 2. The van der Waals surface area contributed by atoms with Crippen molar-refractivity contribution < 1.29 is 9.59 Å². The number of rotatable bonds is 3. The molecule has 0 aliphatic carbocycles. The molecule has 0 atom stereocenters. The maximum atomic E-state index is 12.0. The number of aromatic nitrogens is 1. The van der Waals surface area contributed by atoms with Crippen molar-refractivity contribution in [2.75, 3.05) is 11.9 Å². The summed E-state index contributed by atoms with van der Waals surface area (Å²) in [6, 6.07) is 7.16. The van der Waals surface area contributed by atoms with Crippen LogP contribution in [0, 0.1) is 0 Å². The Labute approximate surface area is 142 Å². The Kier molecular flexibility index (Phi) is 4.73. The van der Waals surface area contributed by atoms with Crippen molar-refractivity contribution in [3.63, 3.8) is 0 Å². The zero-order chi connectivity index (χ0) is 16.2. The molecule has 1 aromatic heterocycles. The Morgan fingerprint density at radius 3 is 2.91 bits per heavy atom. The van der Waals surface area contributed by atoms with Gasteiger partial charge in [0.25, 0.3) is 5.91 Å². The minimum atomic E-state index is -0.288. The third-order valence-corrected chi connectivity index (χ3v) is 4.57. The number of anilines is 1. The van der Waals surface area contributed by atoms with Gasteiger partial charge in [-0.05, 0) is 36.6 Å². The normalized spacial score (nSPS) is 14.2. The van der Waals surface area contributed by atoms with Crippen LogP contribution in [-0.4, -0.2) is 23.3 Å². The first-order valence-corrected chi connectivity index (χ1v) is 8.34. The molecule has 5 nitrogen and oxygen atoms in total. The molecule has 0 unspecified atom stereocenters. The molecule has 3 rings (SSSR count). The van der Waals surface area contributed by atoms with Gasteiger partial charge in [0, 0.05) is 17.6 Å². The number of nitrogens with one attached hydrogen (secondary N) is 2. The Bertz CT molecular complexity index is 768. The van der Waals surface area contributed by atoms with Crippen LogP contribution in [0.25, 0.3) is 6.08 Å². The second-order valence-corrected chi connectivity index (χ2v) is 6.46. The molecule has 0 spiro atoms. The minimum Gasteiger partial charge on any atom is -0.351 e. The van der Waals surface area contributed by atoms with E-state index in [1.807, 2.05) is 12.1 Å². The van der Waals surface area contributed by atoms with E-state index in [9.17, 15) is 9.59 Å². The van der Waals surface area contributed by atoms with E-state index in [0.29, 0.717) is 21.6 Å². The lowest BCUT2D eigenvalue weighted by Crippen LogP contribution is -2.21. The van der Waals surface area contributed by atoms with E-state index in [2.05, 4.69) is 15.6 Å². The van der Waals surface area contributed by atoms with Gasteiger partial charge in [-0.25, -0.2) is 4.98 Å². The number of hydrogen-bond acceptors (Lipinski definition) is 4. The number of benzene rings is 1. The van der Waals surface area contributed by atoms with Crippen LogP contribution >= 0.6 is 22.9 Å². The fraction of sp³-hybridized carbons (Fsp3) is 0.188. The summed E-state index contributed by atoms with van der Waals surface area (Å²) < 4.78 is 0. The quantitative estimate of drug-likeness (QED) is 0.838. The summed E-state index contributed by atoms with van der Waals surface area (Å²) >= 11 is 7.01. The molecule has 23 heavy (non-hydrogen) atoms. The molecule has 0 saturated heterocycles. The molecule has 2 aromatic rings. The van der Waals surface area contributed by atoms with E-state index in [-0.39, 0.29) is 11.8 Å². The van der Waals surface area contributed by atoms with E-state index >= 15 is 0 Å². The van der Waals surface area contributed by atoms with Gasteiger partial charge in [0.1, 0.15) is 4.88 Å². The summed E-state index contributed by atoms with van der Waals surface area (Å²) in [7, 11) is 0. The third-order valence-electron chi connectivity index (χ3n) is 3.31. The Morgan fingerprint density at radius 2 is 2.13 bits per heavy atom. The van der Waals surface area contributed by atoms with Gasteiger partial charge < -0.3 is 5.32 Å². The highest BCUT2D eigenvalue weighted by atomic mass is 35.5. The lowest BCUT2D eigenvalue weighted by molar-refractivity contribution is -0.111. The lowest BCUT2D eigenvalue weighted by Gasteiger charge is -1.98. The average Bonchev–Trinajstić information content (AvgIpc) is 2.86. The molecule has 0 saturated carbocycles. The fourth-order valence-corrected chi connectivity index (χ4v) is 3.24. The van der Waals surface area contributed by atoms with Crippen LogP contribution in [-0.2, 0) is 11.2 Å². The zero-order valence-corrected chi connectivity index (χ0v) is 13.7. The molecular formula is C16H14ClN3O2S. The van der Waals surface area contributed by atoms with Gasteiger partial charge in [0.2, 0.25) is 5.91 Å². The zero-order valence-electron chi connectivity index (χ0n) is 12.1. The van der Waals surface area contributed by atoms with Crippen LogP contribution in [0.5, 0.6) is 0 Å². The average molecular weight is 348 g/mol. The highest BCUT2D eigenvalue weighted by Gasteiger charge is 2.20. The van der Waals surface area contributed by atoms with E-state index in [1.165, 1.54) is 17.4 Å². The number of hydrogen-bond donors (Lipinski definition) is 2. The van der Waals surface area contributed by atoms with Crippen LogP contribution in [0.4, 0.5) is 5.13 Å². The van der Waals surface area contributed by atoms with Crippen LogP contribution in [0.3, 0.4) is 0 Å². The van der Waals surface area contributed by atoms with Crippen LogP contribution in [0.15, 0.2) is 30.3 Å². The number of aryl methyl sites for hydroxylation is 1. The van der Waals surface area contributed by atoms with Crippen LogP contribution < -0.4 is 10.6 Å². The molecule has 0 bridgehead atoms. The fourth-order valence-electron chi connectivity index (χ4n) is 2.18. The lowest BCUT2D eigenvalue weighted by atomic mass is 10.2. The first-order valence-electron chi connectivity index (χ1n) is 7.14. The van der Waals surface area contributed by atoms with Crippen molar-refractivity contribution in [1.29, 1.82) is 0 Å². The SMILES string of the molecule is O=C(/C=C/c1ccc(Cl)cc1)Nc1nc2c(s1)C(=O)NCCC2. The Balaban J connectivity index is 1.67. The van der Waals surface area contributed by atoms with E-state index in [4.69, 9.17) is 11.6 Å². The molecule has 2 heterocycles. The topological polar surface area (TPSA) is 71.1 Å². The summed E-state index contributed by atoms with van der Waals surface area (Å²) in [5, 5.41) is 6.60. The summed E-state index contributed by atoms with van der Waals surface area (Å²) in [4.78, 5) is 28.7. The van der Waals surface area contributed by atoms with Gasteiger partial charge in [0.05, 0.1) is 5.69 Å². The minimum absolute atomic E-state index is 0.118. The summed E-state index contributed by atoms with van der Waals surface area (Å²) in [6.45, 7) is 0.660. The van der Waals surface area contributed by atoms with E-state index < -0.39 is 0 Å². The number of carbonyl (C=O) groups excluding carboxylic acids is 2. The maximum Gasteiger partial charge on any atom is 0.263 e. The predicted molar refractivity (Wildman–Crippen MR) is 91.9 cm³/mol. The molecule has 118 valence electrons. The van der Waals surface area contributed by atoms with Crippen molar-refractivity contribution in [3.05, 3.63) is 51.5 Å². The molecule has 0 radical (unpaired) electrons. The molecule has 7 heteroatoms. The summed E-state index contributed by atoms with van der Waals surface area (Å²) in [6.07, 6.45) is 4.71. The molecule has 1 aromatic carbocycles. The Hall–Kier alpha value is -2.18. The largest absolute Gasteiger partial charge is 0.351 e. The molecule has 2 amide bonds. The smallest absolute Gasteiger partial charge is 0.263 e. The number of halogens is 1. The van der Waals surface area contributed by atoms with Gasteiger partial charge in [-0.2, -0.15) is 0 Å². The first kappa shape index (κ1) is 15.7.